The van der Waals surface area contributed by atoms with Gasteiger partial charge in [-0.2, -0.15) is 0 Å². The maximum atomic E-state index is 13.6. The molecule has 0 spiro atoms. The molecule has 0 atom stereocenters. The van der Waals surface area contributed by atoms with Crippen molar-refractivity contribution in [2.24, 2.45) is 0 Å². The quantitative estimate of drug-likeness (QED) is 0.594. The summed E-state index contributed by atoms with van der Waals surface area (Å²) in [6.45, 7) is 1.81. The van der Waals surface area contributed by atoms with Gasteiger partial charge in [0.2, 0.25) is 0 Å². The minimum atomic E-state index is -0.594. The molecule has 0 aliphatic rings. The summed E-state index contributed by atoms with van der Waals surface area (Å²) in [7, 11) is 0. The molecule has 0 N–H and O–H groups in total. The van der Waals surface area contributed by atoms with E-state index in [0.29, 0.717) is 11.3 Å². The Kier molecular flexibility index (Phi) is 5.17. The summed E-state index contributed by atoms with van der Waals surface area (Å²) in [4.78, 5) is 11.4. The topological polar surface area (TPSA) is 35.5 Å². The number of hydrogen-bond donors (Lipinski definition) is 0. The van der Waals surface area contributed by atoms with Gasteiger partial charge in [-0.15, -0.1) is 0 Å². The highest BCUT2D eigenvalue weighted by Crippen LogP contribution is 2.24. The third-order valence-corrected chi connectivity index (χ3v) is 3.07. The number of rotatable bonds is 6. The zero-order valence-electron chi connectivity index (χ0n) is 11.4. The predicted molar refractivity (Wildman–Crippen MR) is 78.8 cm³/mol. The Morgan fingerprint density at radius 2 is 1.67 bits per heavy atom. The van der Waals surface area contributed by atoms with Gasteiger partial charge >= 0.3 is 0 Å². The van der Waals surface area contributed by atoms with Crippen LogP contribution < -0.4 is 9.47 Å². The summed E-state index contributed by atoms with van der Waals surface area (Å²) < 4.78 is 24.3. The number of carbonyl (C=O) groups is 1. The van der Waals surface area contributed by atoms with E-state index in [-0.39, 0.29) is 29.8 Å². The van der Waals surface area contributed by atoms with Crippen molar-refractivity contribution >= 4 is 17.4 Å². The van der Waals surface area contributed by atoms with Crippen molar-refractivity contribution in [2.45, 2.75) is 6.92 Å². The number of ketones is 1. The standard InChI is InChI=1S/C16H14ClFO3/c1-11(19)12-5-2-3-7-14(12)20-9-10-21-15-8-4-6-13(17)16(15)18/h2-8H,9-10H2,1H3. The van der Waals surface area contributed by atoms with Crippen LogP contribution in [0.3, 0.4) is 0 Å². The highest BCUT2D eigenvalue weighted by atomic mass is 35.5. The van der Waals surface area contributed by atoms with Crippen LogP contribution in [0.5, 0.6) is 11.5 Å². The van der Waals surface area contributed by atoms with Crippen LogP contribution in [0.4, 0.5) is 4.39 Å². The Labute approximate surface area is 127 Å². The van der Waals surface area contributed by atoms with Gasteiger partial charge in [0, 0.05) is 0 Å². The molecular formula is C16H14ClFO3. The van der Waals surface area contributed by atoms with Crippen molar-refractivity contribution in [3.63, 3.8) is 0 Å². The molecule has 2 rings (SSSR count). The van der Waals surface area contributed by atoms with Crippen LogP contribution in [-0.2, 0) is 0 Å². The van der Waals surface area contributed by atoms with Crippen molar-refractivity contribution in [2.75, 3.05) is 13.2 Å². The molecule has 0 heterocycles. The van der Waals surface area contributed by atoms with E-state index in [1.807, 2.05) is 0 Å². The lowest BCUT2D eigenvalue weighted by atomic mass is 10.1. The third-order valence-electron chi connectivity index (χ3n) is 2.78. The van der Waals surface area contributed by atoms with E-state index in [1.54, 1.807) is 30.3 Å². The minimum Gasteiger partial charge on any atom is -0.489 e. The minimum absolute atomic E-state index is 0.00958. The first-order valence-corrected chi connectivity index (χ1v) is 6.77. The molecule has 0 bridgehead atoms. The number of ether oxygens (including phenoxy) is 2. The normalized spacial score (nSPS) is 10.2. The van der Waals surface area contributed by atoms with Gasteiger partial charge in [-0.05, 0) is 31.2 Å². The molecule has 0 saturated heterocycles. The second kappa shape index (κ2) is 7.09. The van der Waals surface area contributed by atoms with E-state index in [1.165, 1.54) is 19.1 Å². The average Bonchev–Trinajstić information content (AvgIpc) is 2.48. The van der Waals surface area contributed by atoms with E-state index < -0.39 is 5.82 Å². The van der Waals surface area contributed by atoms with Crippen LogP contribution in [0.25, 0.3) is 0 Å². The van der Waals surface area contributed by atoms with Gasteiger partial charge in [-0.25, -0.2) is 4.39 Å². The van der Waals surface area contributed by atoms with Gasteiger partial charge in [0.25, 0.3) is 0 Å². The summed E-state index contributed by atoms with van der Waals surface area (Å²) in [6.07, 6.45) is 0. The number of halogens is 2. The number of Topliss-reactive ketones (excluding diaryl/α,β-unsaturated/α-hetero) is 1. The maximum absolute atomic E-state index is 13.6. The fourth-order valence-corrected chi connectivity index (χ4v) is 1.95. The van der Waals surface area contributed by atoms with Crippen molar-refractivity contribution < 1.29 is 18.7 Å². The van der Waals surface area contributed by atoms with Crippen LogP contribution in [0.2, 0.25) is 5.02 Å². The smallest absolute Gasteiger partial charge is 0.183 e. The van der Waals surface area contributed by atoms with Crippen molar-refractivity contribution in [1.82, 2.24) is 0 Å². The van der Waals surface area contributed by atoms with Crippen LogP contribution in [-0.4, -0.2) is 19.0 Å². The number of carbonyl (C=O) groups excluding carboxylic acids is 1. The highest BCUT2D eigenvalue weighted by Gasteiger charge is 2.09. The molecule has 0 amide bonds. The molecule has 2 aromatic carbocycles. The van der Waals surface area contributed by atoms with Crippen molar-refractivity contribution in [3.8, 4) is 11.5 Å². The predicted octanol–water partition coefficient (Wildman–Crippen LogP) is 4.14. The Balaban J connectivity index is 1.91. The molecule has 0 aliphatic carbocycles. The van der Waals surface area contributed by atoms with Gasteiger partial charge in [0.15, 0.2) is 17.3 Å². The lowest BCUT2D eigenvalue weighted by Gasteiger charge is -2.11. The maximum Gasteiger partial charge on any atom is 0.183 e. The van der Waals surface area contributed by atoms with Gasteiger partial charge in [0.1, 0.15) is 19.0 Å². The Morgan fingerprint density at radius 1 is 1.05 bits per heavy atom. The number of para-hydroxylation sites is 1. The fourth-order valence-electron chi connectivity index (χ4n) is 1.78. The van der Waals surface area contributed by atoms with Gasteiger partial charge in [-0.3, -0.25) is 4.79 Å². The summed E-state index contributed by atoms with van der Waals surface area (Å²) in [5.74, 6) is -0.109. The summed E-state index contributed by atoms with van der Waals surface area (Å²) >= 11 is 5.65. The van der Waals surface area contributed by atoms with E-state index in [2.05, 4.69) is 0 Å². The molecule has 3 nitrogen and oxygen atoms in total. The molecule has 0 aromatic heterocycles. The van der Waals surface area contributed by atoms with E-state index in [4.69, 9.17) is 21.1 Å². The van der Waals surface area contributed by atoms with Gasteiger partial charge in [-0.1, -0.05) is 29.8 Å². The molecule has 21 heavy (non-hydrogen) atoms. The summed E-state index contributed by atoms with van der Waals surface area (Å²) in [5, 5.41) is 0.00958. The highest BCUT2D eigenvalue weighted by molar-refractivity contribution is 6.30. The fraction of sp³-hybridized carbons (Fsp3) is 0.188. The zero-order valence-corrected chi connectivity index (χ0v) is 12.2. The molecule has 0 radical (unpaired) electrons. The Bertz CT molecular complexity index is 643. The molecular weight excluding hydrogens is 295 g/mol. The Hall–Kier alpha value is -2.07. The van der Waals surface area contributed by atoms with E-state index in [9.17, 15) is 9.18 Å². The molecule has 0 saturated carbocycles. The van der Waals surface area contributed by atoms with E-state index in [0.717, 1.165) is 0 Å². The van der Waals surface area contributed by atoms with Crippen molar-refractivity contribution in [1.29, 1.82) is 0 Å². The van der Waals surface area contributed by atoms with E-state index >= 15 is 0 Å². The first-order chi connectivity index (χ1) is 10.1. The van der Waals surface area contributed by atoms with Crippen LogP contribution in [0.15, 0.2) is 42.5 Å². The molecule has 0 aliphatic heterocycles. The van der Waals surface area contributed by atoms with Gasteiger partial charge in [0.05, 0.1) is 10.6 Å². The second-order valence-electron chi connectivity index (χ2n) is 4.30. The lowest BCUT2D eigenvalue weighted by molar-refractivity contribution is 0.101. The average molecular weight is 309 g/mol. The SMILES string of the molecule is CC(=O)c1ccccc1OCCOc1cccc(Cl)c1F. The monoisotopic (exact) mass is 308 g/mol. The van der Waals surface area contributed by atoms with Crippen LogP contribution in [0, 0.1) is 5.82 Å². The van der Waals surface area contributed by atoms with Crippen molar-refractivity contribution in [3.05, 3.63) is 58.9 Å². The first kappa shape index (κ1) is 15.3. The molecule has 110 valence electrons. The number of benzene rings is 2. The van der Waals surface area contributed by atoms with Crippen LogP contribution in [0.1, 0.15) is 17.3 Å². The lowest BCUT2D eigenvalue weighted by Crippen LogP contribution is -2.11. The van der Waals surface area contributed by atoms with Gasteiger partial charge < -0.3 is 9.47 Å². The molecule has 2 aromatic rings. The third kappa shape index (κ3) is 3.95. The van der Waals surface area contributed by atoms with Crippen LogP contribution >= 0.6 is 11.6 Å². The molecule has 0 fully saturated rings. The first-order valence-electron chi connectivity index (χ1n) is 6.39. The largest absolute Gasteiger partial charge is 0.489 e. The summed E-state index contributed by atoms with van der Waals surface area (Å²) in [6, 6.07) is 11.5. The Morgan fingerprint density at radius 3 is 2.38 bits per heavy atom. The summed E-state index contributed by atoms with van der Waals surface area (Å²) in [5.41, 5.74) is 0.506. The second-order valence-corrected chi connectivity index (χ2v) is 4.71. The molecule has 5 heteroatoms. The number of hydrogen-bond acceptors (Lipinski definition) is 3. The molecule has 0 unspecified atom stereocenters. The zero-order chi connectivity index (χ0) is 15.2.